The number of Topliss-reactive ketones (excluding diaryl/α,β-unsaturated/α-hetero) is 2. The Labute approximate surface area is 109 Å². The van der Waals surface area contributed by atoms with Gasteiger partial charge in [0, 0.05) is 22.3 Å². The lowest BCUT2D eigenvalue weighted by molar-refractivity contribution is 0.0696. The van der Waals surface area contributed by atoms with Crippen LogP contribution in [0.5, 0.6) is 0 Å². The first-order valence-electron chi connectivity index (χ1n) is 5.47. The van der Waals surface area contributed by atoms with Gasteiger partial charge in [0.25, 0.3) is 0 Å². The predicted molar refractivity (Wildman–Crippen MR) is 69.5 cm³/mol. The minimum absolute atomic E-state index is 0.0367. The first-order valence-corrected chi connectivity index (χ1v) is 5.47. The minimum Gasteiger partial charge on any atom is -0.478 e. The lowest BCUT2D eigenvalue weighted by Crippen LogP contribution is -2.21. The first kappa shape index (κ1) is 12.7. The van der Waals surface area contributed by atoms with Crippen molar-refractivity contribution in [1.29, 1.82) is 0 Å². The van der Waals surface area contributed by atoms with Crippen LogP contribution in [0.2, 0.25) is 0 Å². The van der Waals surface area contributed by atoms with Gasteiger partial charge in [-0.25, -0.2) is 4.79 Å². The van der Waals surface area contributed by atoms with Crippen molar-refractivity contribution >= 4 is 17.5 Å². The Morgan fingerprint density at radius 3 is 2.00 bits per heavy atom. The van der Waals surface area contributed by atoms with E-state index in [-0.39, 0.29) is 33.6 Å². The number of carboxylic acid groups (broad SMARTS) is 1. The zero-order chi connectivity index (χ0) is 14.2. The summed E-state index contributed by atoms with van der Waals surface area (Å²) in [5.74, 6) is -1.92. The van der Waals surface area contributed by atoms with Crippen LogP contribution in [-0.4, -0.2) is 22.6 Å². The molecule has 0 saturated carbocycles. The highest BCUT2D eigenvalue weighted by Crippen LogP contribution is 2.28. The van der Waals surface area contributed by atoms with Crippen molar-refractivity contribution in [2.45, 2.75) is 0 Å². The van der Waals surface area contributed by atoms with E-state index in [0.29, 0.717) is 0 Å². The maximum atomic E-state index is 12.2. The minimum atomic E-state index is -1.15. The third-order valence-electron chi connectivity index (χ3n) is 2.94. The highest BCUT2D eigenvalue weighted by Gasteiger charge is 2.29. The normalized spacial score (nSPS) is 14.1. The summed E-state index contributed by atoms with van der Waals surface area (Å²) in [6.45, 7) is 7.02. The van der Waals surface area contributed by atoms with E-state index < -0.39 is 11.8 Å². The van der Waals surface area contributed by atoms with E-state index in [1.54, 1.807) is 0 Å². The number of allylic oxidation sites excluding steroid dienone is 4. The van der Waals surface area contributed by atoms with Crippen molar-refractivity contribution in [2.75, 3.05) is 0 Å². The zero-order valence-electron chi connectivity index (χ0n) is 9.97. The molecule has 0 unspecified atom stereocenters. The van der Waals surface area contributed by atoms with E-state index in [0.717, 1.165) is 0 Å². The van der Waals surface area contributed by atoms with Gasteiger partial charge in [0.2, 0.25) is 0 Å². The summed E-state index contributed by atoms with van der Waals surface area (Å²) >= 11 is 0. The maximum absolute atomic E-state index is 12.2. The summed E-state index contributed by atoms with van der Waals surface area (Å²) in [5, 5.41) is 8.92. The average molecular weight is 254 g/mol. The fourth-order valence-electron chi connectivity index (χ4n) is 2.00. The number of fused-ring (bicyclic) bond motifs is 1. The Morgan fingerprint density at radius 2 is 1.53 bits per heavy atom. The van der Waals surface area contributed by atoms with Crippen molar-refractivity contribution in [3.63, 3.8) is 0 Å². The van der Waals surface area contributed by atoms with Gasteiger partial charge in [0.15, 0.2) is 11.6 Å². The Kier molecular flexibility index (Phi) is 3.00. The molecule has 1 N–H and O–H groups in total. The summed E-state index contributed by atoms with van der Waals surface area (Å²) in [6, 6.07) is 3.86. The van der Waals surface area contributed by atoms with Crippen LogP contribution in [0.4, 0.5) is 0 Å². The fraction of sp³-hybridized carbons (Fsp3) is 0. The molecule has 94 valence electrons. The summed E-state index contributed by atoms with van der Waals surface area (Å²) in [6.07, 6.45) is 2.60. The molecule has 0 bridgehead atoms. The van der Waals surface area contributed by atoms with Crippen molar-refractivity contribution in [2.24, 2.45) is 0 Å². The molecule has 1 aromatic rings. The van der Waals surface area contributed by atoms with Gasteiger partial charge in [0.05, 0.1) is 5.56 Å². The first-order chi connectivity index (χ1) is 9.01. The number of aromatic carboxylic acids is 1. The summed E-state index contributed by atoms with van der Waals surface area (Å²) in [4.78, 5) is 35.3. The summed E-state index contributed by atoms with van der Waals surface area (Å²) in [5.41, 5.74) is 0.580. The standard InChI is InChI=1S/C15H10O4/c1-3-9-10(4-2)14(17)12-7-8(15(18)19)5-6-11(12)13(9)16/h3-7H,1-2H2,(H,18,19). The molecular formula is C15H10O4. The number of hydrogen-bond acceptors (Lipinski definition) is 3. The monoisotopic (exact) mass is 254 g/mol. The van der Waals surface area contributed by atoms with Crippen LogP contribution in [-0.2, 0) is 0 Å². The number of carbonyl (C=O) groups is 3. The predicted octanol–water partition coefficient (Wildman–Crippen LogP) is 2.43. The SMILES string of the molecule is C=CC1=C(C=C)C(=O)c2cc(C(=O)O)ccc2C1=O. The molecule has 0 fully saturated rings. The Bertz CT molecular complexity index is 677. The van der Waals surface area contributed by atoms with E-state index in [1.165, 1.54) is 30.4 Å². The van der Waals surface area contributed by atoms with Crippen LogP contribution in [0.15, 0.2) is 54.7 Å². The van der Waals surface area contributed by atoms with Crippen molar-refractivity contribution in [3.8, 4) is 0 Å². The van der Waals surface area contributed by atoms with E-state index in [2.05, 4.69) is 13.2 Å². The van der Waals surface area contributed by atoms with Gasteiger partial charge < -0.3 is 5.11 Å². The molecule has 0 saturated heterocycles. The molecule has 0 spiro atoms. The molecule has 0 aromatic heterocycles. The molecule has 1 aromatic carbocycles. The topological polar surface area (TPSA) is 71.4 Å². The van der Waals surface area contributed by atoms with Gasteiger partial charge in [-0.15, -0.1) is 0 Å². The van der Waals surface area contributed by atoms with Gasteiger partial charge in [-0.3, -0.25) is 9.59 Å². The molecule has 19 heavy (non-hydrogen) atoms. The number of carbonyl (C=O) groups excluding carboxylic acids is 2. The summed E-state index contributed by atoms with van der Waals surface area (Å²) < 4.78 is 0. The molecule has 1 aliphatic carbocycles. The third kappa shape index (κ3) is 1.83. The number of ketones is 2. The second-order valence-corrected chi connectivity index (χ2v) is 3.96. The molecule has 1 aliphatic rings. The second kappa shape index (κ2) is 4.49. The van der Waals surface area contributed by atoms with Crippen LogP contribution < -0.4 is 0 Å². The van der Waals surface area contributed by atoms with Gasteiger partial charge in [-0.2, -0.15) is 0 Å². The van der Waals surface area contributed by atoms with Crippen LogP contribution in [0, 0.1) is 0 Å². The highest BCUT2D eigenvalue weighted by atomic mass is 16.4. The Balaban J connectivity index is 2.73. The Morgan fingerprint density at radius 1 is 1.00 bits per heavy atom. The molecule has 0 heterocycles. The van der Waals surface area contributed by atoms with Crippen molar-refractivity contribution in [1.82, 2.24) is 0 Å². The van der Waals surface area contributed by atoms with Crippen LogP contribution in [0.3, 0.4) is 0 Å². The molecule has 0 aliphatic heterocycles. The van der Waals surface area contributed by atoms with Gasteiger partial charge in [0.1, 0.15) is 0 Å². The fourth-order valence-corrected chi connectivity index (χ4v) is 2.00. The van der Waals surface area contributed by atoms with Crippen molar-refractivity contribution in [3.05, 3.63) is 71.3 Å². The molecule has 0 radical (unpaired) electrons. The second-order valence-electron chi connectivity index (χ2n) is 3.96. The number of rotatable bonds is 3. The Hall–Kier alpha value is -2.75. The lowest BCUT2D eigenvalue weighted by Gasteiger charge is -2.17. The van der Waals surface area contributed by atoms with Crippen molar-refractivity contribution < 1.29 is 19.5 Å². The largest absolute Gasteiger partial charge is 0.478 e. The number of benzene rings is 1. The van der Waals surface area contributed by atoms with Crippen LogP contribution >= 0.6 is 0 Å². The van der Waals surface area contributed by atoms with Gasteiger partial charge in [-0.05, 0) is 18.2 Å². The quantitative estimate of drug-likeness (QED) is 0.899. The van der Waals surface area contributed by atoms with E-state index >= 15 is 0 Å². The molecule has 0 atom stereocenters. The molecular weight excluding hydrogens is 244 g/mol. The number of hydrogen-bond donors (Lipinski definition) is 1. The van der Waals surface area contributed by atoms with E-state index in [4.69, 9.17) is 5.11 Å². The number of carboxylic acids is 1. The third-order valence-corrected chi connectivity index (χ3v) is 2.94. The van der Waals surface area contributed by atoms with Crippen LogP contribution in [0.1, 0.15) is 31.1 Å². The van der Waals surface area contributed by atoms with E-state index in [1.807, 2.05) is 0 Å². The van der Waals surface area contributed by atoms with E-state index in [9.17, 15) is 14.4 Å². The molecule has 0 amide bonds. The zero-order valence-corrected chi connectivity index (χ0v) is 9.97. The molecule has 4 nitrogen and oxygen atoms in total. The lowest BCUT2D eigenvalue weighted by atomic mass is 9.83. The maximum Gasteiger partial charge on any atom is 0.335 e. The van der Waals surface area contributed by atoms with Gasteiger partial charge in [-0.1, -0.05) is 25.3 Å². The summed E-state index contributed by atoms with van der Waals surface area (Å²) in [7, 11) is 0. The smallest absolute Gasteiger partial charge is 0.335 e. The van der Waals surface area contributed by atoms with Gasteiger partial charge >= 0.3 is 5.97 Å². The molecule has 2 rings (SSSR count). The molecule has 4 heteroatoms. The average Bonchev–Trinajstić information content (AvgIpc) is 2.41. The highest BCUT2D eigenvalue weighted by molar-refractivity contribution is 6.29. The van der Waals surface area contributed by atoms with Crippen LogP contribution in [0.25, 0.3) is 0 Å².